The average molecular weight is 291 g/mol. The molecule has 0 spiro atoms. The van der Waals surface area contributed by atoms with Gasteiger partial charge in [-0.1, -0.05) is 58.6 Å². The van der Waals surface area contributed by atoms with E-state index in [1.54, 1.807) is 0 Å². The number of ether oxygens (including phenoxy) is 1. The van der Waals surface area contributed by atoms with Gasteiger partial charge in [0.15, 0.2) is 0 Å². The third-order valence-corrected chi connectivity index (χ3v) is 3.73. The molecule has 0 bridgehead atoms. The fraction of sp³-hybridized carbons (Fsp3) is 0.684. The number of hydrogen-bond acceptors (Lipinski definition) is 2. The molecule has 2 nitrogen and oxygen atoms in total. The topological polar surface area (TPSA) is 21.3 Å². The Balaban J connectivity index is 2.47. The second-order valence-electron chi connectivity index (χ2n) is 6.36. The molecule has 0 amide bonds. The van der Waals surface area contributed by atoms with Crippen LogP contribution in [0, 0.1) is 13.8 Å². The van der Waals surface area contributed by atoms with E-state index in [-0.39, 0.29) is 0 Å². The first-order chi connectivity index (χ1) is 10.0. The molecule has 0 aliphatic heterocycles. The number of aryl methyl sites for hydroxylation is 2. The summed E-state index contributed by atoms with van der Waals surface area (Å²) in [6.07, 6.45) is 6.41. The van der Waals surface area contributed by atoms with E-state index in [0.717, 1.165) is 25.3 Å². The number of rotatable bonds is 10. The molecule has 120 valence electrons. The van der Waals surface area contributed by atoms with E-state index >= 15 is 0 Å². The van der Waals surface area contributed by atoms with Gasteiger partial charge >= 0.3 is 0 Å². The second-order valence-corrected chi connectivity index (χ2v) is 6.36. The minimum absolute atomic E-state index is 0.518. The molecule has 0 aliphatic carbocycles. The van der Waals surface area contributed by atoms with Gasteiger partial charge in [-0.25, -0.2) is 0 Å². The van der Waals surface area contributed by atoms with Crippen molar-refractivity contribution in [2.75, 3.05) is 6.61 Å². The van der Waals surface area contributed by atoms with Crippen LogP contribution in [0.2, 0.25) is 0 Å². The van der Waals surface area contributed by atoms with Gasteiger partial charge in [0.25, 0.3) is 0 Å². The molecule has 0 aromatic heterocycles. The normalized spacial score (nSPS) is 11.1. The minimum atomic E-state index is 0.518. The third kappa shape index (κ3) is 6.99. The van der Waals surface area contributed by atoms with Crippen molar-refractivity contribution in [2.24, 2.45) is 0 Å². The molecule has 0 atom stereocenters. The first kappa shape index (κ1) is 18.0. The quantitative estimate of drug-likeness (QED) is 0.602. The average Bonchev–Trinajstić information content (AvgIpc) is 2.42. The zero-order valence-corrected chi connectivity index (χ0v) is 14.6. The van der Waals surface area contributed by atoms with Gasteiger partial charge in [0.1, 0.15) is 5.75 Å². The molecule has 1 N–H and O–H groups in total. The lowest BCUT2D eigenvalue weighted by atomic mass is 10.1. The predicted molar refractivity (Wildman–Crippen MR) is 92.1 cm³/mol. The summed E-state index contributed by atoms with van der Waals surface area (Å²) in [5, 5.41) is 3.47. The summed E-state index contributed by atoms with van der Waals surface area (Å²) >= 11 is 0. The Morgan fingerprint density at radius 3 is 2.19 bits per heavy atom. The van der Waals surface area contributed by atoms with E-state index in [0.29, 0.717) is 6.04 Å². The molecule has 0 aliphatic rings. The van der Waals surface area contributed by atoms with Gasteiger partial charge in [0.2, 0.25) is 0 Å². The highest BCUT2D eigenvalue weighted by molar-refractivity contribution is 5.43. The maximum atomic E-state index is 6.01. The van der Waals surface area contributed by atoms with Gasteiger partial charge in [0, 0.05) is 12.6 Å². The first-order valence-corrected chi connectivity index (χ1v) is 8.51. The van der Waals surface area contributed by atoms with Crippen molar-refractivity contribution in [3.05, 3.63) is 28.8 Å². The van der Waals surface area contributed by atoms with E-state index in [2.05, 4.69) is 52.1 Å². The number of unbranched alkanes of at least 4 members (excludes halogenated alkanes) is 4. The lowest BCUT2D eigenvalue weighted by Gasteiger charge is -2.15. The first-order valence-electron chi connectivity index (χ1n) is 8.51. The van der Waals surface area contributed by atoms with E-state index in [9.17, 15) is 0 Å². The van der Waals surface area contributed by atoms with Crippen LogP contribution in [-0.2, 0) is 6.54 Å². The number of nitrogens with one attached hydrogen (secondary N) is 1. The smallest absolute Gasteiger partial charge is 0.125 e. The standard InChI is InChI=1S/C19H33NO/c1-6-7-8-9-10-11-21-19-16(4)12-18(13-17(19)5)14-20-15(2)3/h12-13,15,20H,6-11,14H2,1-5H3. The molecular weight excluding hydrogens is 258 g/mol. The van der Waals surface area contributed by atoms with Crippen LogP contribution >= 0.6 is 0 Å². The van der Waals surface area contributed by atoms with Crippen molar-refractivity contribution in [2.45, 2.75) is 79.3 Å². The molecule has 1 rings (SSSR count). The van der Waals surface area contributed by atoms with E-state index in [4.69, 9.17) is 4.74 Å². The molecule has 0 heterocycles. The van der Waals surface area contributed by atoms with E-state index < -0.39 is 0 Å². The van der Waals surface area contributed by atoms with Crippen molar-refractivity contribution in [3.8, 4) is 5.75 Å². The minimum Gasteiger partial charge on any atom is -0.493 e. The van der Waals surface area contributed by atoms with Gasteiger partial charge in [-0.05, 0) is 37.0 Å². The number of benzene rings is 1. The summed E-state index contributed by atoms with van der Waals surface area (Å²) in [5.41, 5.74) is 3.85. The maximum Gasteiger partial charge on any atom is 0.125 e. The molecule has 0 saturated carbocycles. The highest BCUT2D eigenvalue weighted by Gasteiger charge is 2.07. The molecule has 1 aromatic rings. The summed E-state index contributed by atoms with van der Waals surface area (Å²) in [5.74, 6) is 1.08. The largest absolute Gasteiger partial charge is 0.493 e. The zero-order valence-electron chi connectivity index (χ0n) is 14.6. The maximum absolute atomic E-state index is 6.01. The Kier molecular flexibility index (Phi) is 8.44. The fourth-order valence-corrected chi connectivity index (χ4v) is 2.57. The Bertz CT molecular complexity index is 389. The van der Waals surface area contributed by atoms with Crippen LogP contribution < -0.4 is 10.1 Å². The molecule has 1 aromatic carbocycles. The van der Waals surface area contributed by atoms with Gasteiger partial charge < -0.3 is 10.1 Å². The second kappa shape index (κ2) is 9.83. The highest BCUT2D eigenvalue weighted by atomic mass is 16.5. The van der Waals surface area contributed by atoms with Crippen LogP contribution in [0.5, 0.6) is 5.75 Å². The van der Waals surface area contributed by atoms with Gasteiger partial charge in [-0.3, -0.25) is 0 Å². The Morgan fingerprint density at radius 2 is 1.62 bits per heavy atom. The molecule has 0 fully saturated rings. The van der Waals surface area contributed by atoms with E-state index in [1.165, 1.54) is 42.4 Å². The summed E-state index contributed by atoms with van der Waals surface area (Å²) in [7, 11) is 0. The SMILES string of the molecule is CCCCCCCOc1c(C)cc(CNC(C)C)cc1C. The van der Waals surface area contributed by atoms with Crippen molar-refractivity contribution in [3.63, 3.8) is 0 Å². The lowest BCUT2D eigenvalue weighted by Crippen LogP contribution is -2.21. The van der Waals surface area contributed by atoms with Crippen LogP contribution in [-0.4, -0.2) is 12.6 Å². The van der Waals surface area contributed by atoms with Crippen molar-refractivity contribution >= 4 is 0 Å². The zero-order chi connectivity index (χ0) is 15.7. The van der Waals surface area contributed by atoms with Crippen LogP contribution in [0.3, 0.4) is 0 Å². The van der Waals surface area contributed by atoms with Gasteiger partial charge in [-0.15, -0.1) is 0 Å². The third-order valence-electron chi connectivity index (χ3n) is 3.73. The number of hydrogen-bond donors (Lipinski definition) is 1. The van der Waals surface area contributed by atoms with Crippen LogP contribution in [0.15, 0.2) is 12.1 Å². The molecule has 0 saturated heterocycles. The van der Waals surface area contributed by atoms with Crippen molar-refractivity contribution in [1.29, 1.82) is 0 Å². The van der Waals surface area contributed by atoms with Crippen molar-refractivity contribution < 1.29 is 4.74 Å². The monoisotopic (exact) mass is 291 g/mol. The Morgan fingerprint density at radius 1 is 1.00 bits per heavy atom. The van der Waals surface area contributed by atoms with Gasteiger partial charge in [0.05, 0.1) is 6.61 Å². The molecule has 0 unspecified atom stereocenters. The summed E-state index contributed by atoms with van der Waals surface area (Å²) in [6, 6.07) is 5.01. The molecule has 0 radical (unpaired) electrons. The van der Waals surface area contributed by atoms with Crippen molar-refractivity contribution in [1.82, 2.24) is 5.32 Å². The Hall–Kier alpha value is -1.02. The van der Waals surface area contributed by atoms with Crippen LogP contribution in [0.1, 0.15) is 69.6 Å². The van der Waals surface area contributed by atoms with Gasteiger partial charge in [-0.2, -0.15) is 0 Å². The van der Waals surface area contributed by atoms with Crippen LogP contribution in [0.4, 0.5) is 0 Å². The summed E-state index contributed by atoms with van der Waals surface area (Å²) in [4.78, 5) is 0. The molecule has 2 heteroatoms. The Labute approximate surface area is 131 Å². The highest BCUT2D eigenvalue weighted by Crippen LogP contribution is 2.25. The van der Waals surface area contributed by atoms with E-state index in [1.807, 2.05) is 0 Å². The molecule has 21 heavy (non-hydrogen) atoms. The summed E-state index contributed by atoms with van der Waals surface area (Å²) < 4.78 is 6.01. The fourth-order valence-electron chi connectivity index (χ4n) is 2.57. The van der Waals surface area contributed by atoms with Crippen LogP contribution in [0.25, 0.3) is 0 Å². The lowest BCUT2D eigenvalue weighted by molar-refractivity contribution is 0.300. The predicted octanol–water partition coefficient (Wildman–Crippen LogP) is 5.15. The summed E-state index contributed by atoms with van der Waals surface area (Å²) in [6.45, 7) is 12.7. The molecular formula is C19H33NO.